The molecule has 2 aromatic carbocycles. The van der Waals surface area contributed by atoms with Crippen LogP contribution >= 0.6 is 0 Å². The number of furan rings is 1. The summed E-state index contributed by atoms with van der Waals surface area (Å²) >= 11 is 0. The van der Waals surface area contributed by atoms with Crippen LogP contribution in [0.4, 0.5) is 0 Å². The zero-order valence-corrected chi connectivity index (χ0v) is 12.1. The van der Waals surface area contributed by atoms with Crippen molar-refractivity contribution in [2.75, 3.05) is 6.54 Å². The highest BCUT2D eigenvalue weighted by Gasteiger charge is 2.13. The SMILES string of the molecule is O=S(=O)(NCCc1coc2ccccc12)c1ccccc1. The Bertz CT molecular complexity index is 838. The largest absolute Gasteiger partial charge is 0.464 e. The number of para-hydroxylation sites is 1. The molecule has 0 aliphatic rings. The molecule has 1 N–H and O–H groups in total. The first-order valence-electron chi connectivity index (χ1n) is 6.67. The molecule has 0 radical (unpaired) electrons. The van der Waals surface area contributed by atoms with Gasteiger partial charge in [-0.15, -0.1) is 0 Å². The lowest BCUT2D eigenvalue weighted by atomic mass is 10.1. The molecule has 1 aromatic heterocycles. The van der Waals surface area contributed by atoms with Crippen LogP contribution in [0.2, 0.25) is 0 Å². The van der Waals surface area contributed by atoms with Gasteiger partial charge in [0.05, 0.1) is 11.2 Å². The molecule has 4 nitrogen and oxygen atoms in total. The zero-order chi connectivity index (χ0) is 14.7. The van der Waals surface area contributed by atoms with Crippen molar-refractivity contribution in [2.45, 2.75) is 11.3 Å². The first-order chi connectivity index (χ1) is 10.2. The van der Waals surface area contributed by atoms with Gasteiger partial charge >= 0.3 is 0 Å². The number of sulfonamides is 1. The minimum atomic E-state index is -3.45. The zero-order valence-electron chi connectivity index (χ0n) is 11.3. The number of hydrogen-bond donors (Lipinski definition) is 1. The summed E-state index contributed by atoms with van der Waals surface area (Å²) in [6, 6.07) is 16.1. The van der Waals surface area contributed by atoms with Crippen molar-refractivity contribution in [1.82, 2.24) is 4.72 Å². The standard InChI is InChI=1S/C16H15NO3S/c18-21(19,14-6-2-1-3-7-14)17-11-10-13-12-20-16-9-5-4-8-15(13)16/h1-9,12,17H,10-11H2. The van der Waals surface area contributed by atoms with E-state index in [0.717, 1.165) is 16.5 Å². The van der Waals surface area contributed by atoms with Gasteiger partial charge in [-0.3, -0.25) is 0 Å². The molecule has 0 unspecified atom stereocenters. The van der Waals surface area contributed by atoms with Crippen LogP contribution in [0.3, 0.4) is 0 Å². The van der Waals surface area contributed by atoms with Crippen molar-refractivity contribution in [3.8, 4) is 0 Å². The third-order valence-electron chi connectivity index (χ3n) is 3.30. The van der Waals surface area contributed by atoms with Crippen molar-refractivity contribution >= 4 is 21.0 Å². The number of hydrogen-bond acceptors (Lipinski definition) is 3. The van der Waals surface area contributed by atoms with Gasteiger partial charge in [0.25, 0.3) is 0 Å². The van der Waals surface area contributed by atoms with Crippen LogP contribution in [0.5, 0.6) is 0 Å². The van der Waals surface area contributed by atoms with E-state index in [1.54, 1.807) is 36.6 Å². The summed E-state index contributed by atoms with van der Waals surface area (Å²) in [5.74, 6) is 0. The number of fused-ring (bicyclic) bond motifs is 1. The van der Waals surface area contributed by atoms with Crippen LogP contribution in [-0.2, 0) is 16.4 Å². The summed E-state index contributed by atoms with van der Waals surface area (Å²) < 4.78 is 32.2. The van der Waals surface area contributed by atoms with E-state index in [2.05, 4.69) is 4.72 Å². The Hall–Kier alpha value is -2.11. The fraction of sp³-hybridized carbons (Fsp3) is 0.125. The second-order valence-electron chi connectivity index (χ2n) is 4.72. The lowest BCUT2D eigenvalue weighted by molar-refractivity contribution is 0.580. The Labute approximate surface area is 123 Å². The maximum Gasteiger partial charge on any atom is 0.240 e. The summed E-state index contributed by atoms with van der Waals surface area (Å²) in [5.41, 5.74) is 1.82. The quantitative estimate of drug-likeness (QED) is 0.788. The van der Waals surface area contributed by atoms with Gasteiger partial charge in [-0.2, -0.15) is 0 Å². The van der Waals surface area contributed by atoms with Crippen molar-refractivity contribution in [2.24, 2.45) is 0 Å². The summed E-state index contributed by atoms with van der Waals surface area (Å²) in [6.45, 7) is 0.334. The molecular weight excluding hydrogens is 286 g/mol. The van der Waals surface area contributed by atoms with Gasteiger partial charge in [-0.1, -0.05) is 36.4 Å². The van der Waals surface area contributed by atoms with E-state index in [9.17, 15) is 8.42 Å². The van der Waals surface area contributed by atoms with E-state index >= 15 is 0 Å². The van der Waals surface area contributed by atoms with Crippen molar-refractivity contribution < 1.29 is 12.8 Å². The van der Waals surface area contributed by atoms with Gasteiger partial charge in [-0.25, -0.2) is 13.1 Å². The molecule has 0 spiro atoms. The Morgan fingerprint density at radius 2 is 1.67 bits per heavy atom. The van der Waals surface area contributed by atoms with Crippen LogP contribution in [0.25, 0.3) is 11.0 Å². The number of nitrogens with one attached hydrogen (secondary N) is 1. The fourth-order valence-corrected chi connectivity index (χ4v) is 3.28. The van der Waals surface area contributed by atoms with Crippen LogP contribution < -0.4 is 4.72 Å². The van der Waals surface area contributed by atoms with Crippen molar-refractivity contribution in [1.29, 1.82) is 0 Å². The summed E-state index contributed by atoms with van der Waals surface area (Å²) in [4.78, 5) is 0.280. The molecule has 108 valence electrons. The van der Waals surface area contributed by atoms with E-state index in [-0.39, 0.29) is 4.90 Å². The fourth-order valence-electron chi connectivity index (χ4n) is 2.23. The van der Waals surface area contributed by atoms with Gasteiger partial charge in [-0.05, 0) is 30.2 Å². The molecule has 0 fully saturated rings. The smallest absolute Gasteiger partial charge is 0.240 e. The molecule has 3 aromatic rings. The van der Waals surface area contributed by atoms with Crippen LogP contribution in [0, 0.1) is 0 Å². The summed E-state index contributed by atoms with van der Waals surface area (Å²) in [6.07, 6.45) is 2.27. The predicted octanol–water partition coefficient (Wildman–Crippen LogP) is 2.95. The first kappa shape index (κ1) is 13.9. The second kappa shape index (κ2) is 5.71. The van der Waals surface area contributed by atoms with Crippen LogP contribution in [0.1, 0.15) is 5.56 Å². The van der Waals surface area contributed by atoms with Crippen LogP contribution in [-0.4, -0.2) is 15.0 Å². The Morgan fingerprint density at radius 1 is 0.952 bits per heavy atom. The van der Waals surface area contributed by atoms with E-state index < -0.39 is 10.0 Å². The van der Waals surface area contributed by atoms with E-state index in [0.29, 0.717) is 13.0 Å². The van der Waals surface area contributed by atoms with Gasteiger partial charge in [0.1, 0.15) is 5.58 Å². The van der Waals surface area contributed by atoms with Gasteiger partial charge < -0.3 is 4.42 Å². The molecule has 21 heavy (non-hydrogen) atoms. The average Bonchev–Trinajstić information content (AvgIpc) is 2.92. The molecule has 0 amide bonds. The summed E-state index contributed by atoms with van der Waals surface area (Å²) in [7, 11) is -3.45. The molecule has 0 aliphatic heterocycles. The van der Waals surface area contributed by atoms with E-state index in [1.165, 1.54) is 0 Å². The number of benzene rings is 2. The maximum atomic E-state index is 12.1. The third kappa shape index (κ3) is 2.99. The monoisotopic (exact) mass is 301 g/mol. The Balaban J connectivity index is 1.69. The minimum absolute atomic E-state index is 0.280. The molecule has 0 saturated heterocycles. The highest BCUT2D eigenvalue weighted by atomic mass is 32.2. The Morgan fingerprint density at radius 3 is 2.48 bits per heavy atom. The lowest BCUT2D eigenvalue weighted by Gasteiger charge is -2.05. The normalized spacial score (nSPS) is 11.8. The third-order valence-corrected chi connectivity index (χ3v) is 4.78. The molecule has 0 bridgehead atoms. The lowest BCUT2D eigenvalue weighted by Crippen LogP contribution is -2.25. The highest BCUT2D eigenvalue weighted by Crippen LogP contribution is 2.20. The van der Waals surface area contributed by atoms with Crippen molar-refractivity contribution in [3.05, 3.63) is 66.4 Å². The van der Waals surface area contributed by atoms with Crippen LogP contribution in [0.15, 0.2) is 70.2 Å². The van der Waals surface area contributed by atoms with E-state index in [1.807, 2.05) is 24.3 Å². The topological polar surface area (TPSA) is 59.3 Å². The molecule has 1 heterocycles. The summed E-state index contributed by atoms with van der Waals surface area (Å²) in [5, 5.41) is 1.02. The highest BCUT2D eigenvalue weighted by molar-refractivity contribution is 7.89. The molecule has 5 heteroatoms. The molecular formula is C16H15NO3S. The maximum absolute atomic E-state index is 12.1. The second-order valence-corrected chi connectivity index (χ2v) is 6.48. The average molecular weight is 301 g/mol. The van der Waals surface area contributed by atoms with E-state index in [4.69, 9.17) is 4.42 Å². The molecule has 0 aliphatic carbocycles. The molecule has 3 rings (SSSR count). The van der Waals surface area contributed by atoms with Crippen molar-refractivity contribution in [3.63, 3.8) is 0 Å². The molecule has 0 saturated carbocycles. The van der Waals surface area contributed by atoms with Gasteiger partial charge in [0.2, 0.25) is 10.0 Å². The minimum Gasteiger partial charge on any atom is -0.464 e. The Kier molecular flexibility index (Phi) is 3.77. The predicted molar refractivity (Wildman–Crippen MR) is 81.5 cm³/mol. The van der Waals surface area contributed by atoms with Gasteiger partial charge in [0.15, 0.2) is 0 Å². The number of rotatable bonds is 5. The molecule has 0 atom stereocenters. The van der Waals surface area contributed by atoms with Gasteiger partial charge in [0, 0.05) is 11.9 Å². The first-order valence-corrected chi connectivity index (χ1v) is 8.15.